The molecule has 1 aromatic heterocycles. The van der Waals surface area contributed by atoms with Gasteiger partial charge in [0.1, 0.15) is 0 Å². The molecule has 5 aromatic rings. The highest BCUT2D eigenvalue weighted by atomic mass is 14.7. The van der Waals surface area contributed by atoms with E-state index < -0.39 is 0 Å². The van der Waals surface area contributed by atoms with Gasteiger partial charge in [-0.2, -0.15) is 0 Å². The van der Waals surface area contributed by atoms with E-state index in [1.807, 2.05) is 0 Å². The van der Waals surface area contributed by atoms with Crippen molar-refractivity contribution in [2.24, 2.45) is 0 Å². The SMILES string of the molecule is Cc1ccc(-c2ccc3[nH]c4ccc(-c5ccc(C)cc5)cc4c3c2)cc1. The number of H-pyrrole nitrogens is 1. The third kappa shape index (κ3) is 2.82. The Morgan fingerprint density at radius 1 is 0.444 bits per heavy atom. The maximum Gasteiger partial charge on any atom is 0.0465 e. The normalized spacial score (nSPS) is 11.3. The minimum absolute atomic E-state index is 1.18. The zero-order valence-corrected chi connectivity index (χ0v) is 15.6. The Hall–Kier alpha value is -3.32. The van der Waals surface area contributed by atoms with E-state index in [1.54, 1.807) is 0 Å². The quantitative estimate of drug-likeness (QED) is 0.345. The highest BCUT2D eigenvalue weighted by molar-refractivity contribution is 6.09. The molecule has 0 saturated heterocycles. The Balaban J connectivity index is 1.68. The lowest BCUT2D eigenvalue weighted by molar-refractivity contribution is 1.47. The van der Waals surface area contributed by atoms with Crippen LogP contribution < -0.4 is 0 Å². The number of aromatic nitrogens is 1. The van der Waals surface area contributed by atoms with Gasteiger partial charge < -0.3 is 4.98 Å². The fourth-order valence-electron chi connectivity index (χ4n) is 3.75. The molecule has 1 N–H and O–H groups in total. The van der Waals surface area contributed by atoms with Gasteiger partial charge >= 0.3 is 0 Å². The van der Waals surface area contributed by atoms with Crippen LogP contribution in [0, 0.1) is 13.8 Å². The molecule has 0 aliphatic heterocycles. The Morgan fingerprint density at radius 2 is 0.815 bits per heavy atom. The first-order valence-corrected chi connectivity index (χ1v) is 9.37. The second kappa shape index (κ2) is 6.14. The number of aryl methyl sites for hydroxylation is 2. The van der Waals surface area contributed by atoms with Gasteiger partial charge in [-0.25, -0.2) is 0 Å². The largest absolute Gasteiger partial charge is 0.355 e. The first-order valence-electron chi connectivity index (χ1n) is 9.37. The Morgan fingerprint density at radius 3 is 1.22 bits per heavy atom. The lowest BCUT2D eigenvalue weighted by atomic mass is 9.99. The molecule has 5 rings (SSSR count). The number of rotatable bonds is 2. The Bertz CT molecular complexity index is 1160. The molecule has 0 saturated carbocycles. The molecule has 130 valence electrons. The van der Waals surface area contributed by atoms with Gasteiger partial charge in [0.2, 0.25) is 0 Å². The summed E-state index contributed by atoms with van der Waals surface area (Å²) in [6, 6.07) is 30.9. The summed E-state index contributed by atoms with van der Waals surface area (Å²) in [5, 5.41) is 2.55. The molecule has 0 atom stereocenters. The van der Waals surface area contributed by atoms with Crippen LogP contribution in [0.25, 0.3) is 44.1 Å². The second-order valence-corrected chi connectivity index (χ2v) is 7.38. The van der Waals surface area contributed by atoms with E-state index in [9.17, 15) is 0 Å². The van der Waals surface area contributed by atoms with Crippen LogP contribution in [-0.2, 0) is 0 Å². The number of nitrogens with one attached hydrogen (secondary N) is 1. The smallest absolute Gasteiger partial charge is 0.0465 e. The third-order valence-electron chi connectivity index (χ3n) is 5.37. The van der Waals surface area contributed by atoms with Crippen LogP contribution in [0.2, 0.25) is 0 Å². The molecule has 0 aliphatic rings. The highest BCUT2D eigenvalue weighted by Crippen LogP contribution is 2.33. The molecular formula is C26H21N. The first kappa shape index (κ1) is 15.9. The summed E-state index contributed by atoms with van der Waals surface area (Å²) in [5.74, 6) is 0. The maximum atomic E-state index is 3.55. The lowest BCUT2D eigenvalue weighted by Gasteiger charge is -2.04. The zero-order chi connectivity index (χ0) is 18.4. The fraction of sp³-hybridized carbons (Fsp3) is 0.0769. The van der Waals surface area contributed by atoms with E-state index in [0.717, 1.165) is 0 Å². The van der Waals surface area contributed by atoms with Crippen molar-refractivity contribution in [3.05, 3.63) is 96.1 Å². The van der Waals surface area contributed by atoms with E-state index in [4.69, 9.17) is 0 Å². The van der Waals surface area contributed by atoms with Crippen molar-refractivity contribution in [2.45, 2.75) is 13.8 Å². The molecule has 0 amide bonds. The van der Waals surface area contributed by atoms with E-state index in [-0.39, 0.29) is 0 Å². The van der Waals surface area contributed by atoms with Crippen LogP contribution in [0.3, 0.4) is 0 Å². The van der Waals surface area contributed by atoms with Gasteiger partial charge in [0, 0.05) is 21.8 Å². The van der Waals surface area contributed by atoms with Crippen molar-refractivity contribution in [1.82, 2.24) is 4.98 Å². The summed E-state index contributed by atoms with van der Waals surface area (Å²) in [6.45, 7) is 4.25. The van der Waals surface area contributed by atoms with E-state index in [1.165, 1.54) is 55.2 Å². The molecule has 0 bridgehead atoms. The summed E-state index contributed by atoms with van der Waals surface area (Å²) in [4.78, 5) is 3.55. The van der Waals surface area contributed by atoms with Crippen LogP contribution in [0.15, 0.2) is 84.9 Å². The van der Waals surface area contributed by atoms with Gasteiger partial charge in [-0.3, -0.25) is 0 Å². The van der Waals surface area contributed by atoms with Gasteiger partial charge in [0.25, 0.3) is 0 Å². The molecule has 0 spiro atoms. The number of fused-ring (bicyclic) bond motifs is 3. The van der Waals surface area contributed by atoms with Gasteiger partial charge in [-0.1, -0.05) is 71.8 Å². The average Bonchev–Trinajstić information content (AvgIpc) is 3.06. The Labute approximate surface area is 159 Å². The third-order valence-corrected chi connectivity index (χ3v) is 5.37. The summed E-state index contributed by atoms with van der Waals surface area (Å²) in [5.41, 5.74) is 9.96. The molecule has 0 unspecified atom stereocenters. The standard InChI is InChI=1S/C26H21N/c1-17-3-7-19(8-4-17)21-11-13-25-23(15-21)24-16-22(12-14-26(24)27-25)20-9-5-18(2)6-10-20/h3-16,27H,1-2H3. The summed E-state index contributed by atoms with van der Waals surface area (Å²) >= 11 is 0. The molecule has 1 heteroatoms. The fourth-order valence-corrected chi connectivity index (χ4v) is 3.75. The lowest BCUT2D eigenvalue weighted by Crippen LogP contribution is -1.80. The number of hydrogen-bond acceptors (Lipinski definition) is 0. The molecule has 0 fully saturated rings. The van der Waals surface area contributed by atoms with Crippen LogP contribution >= 0.6 is 0 Å². The molecule has 27 heavy (non-hydrogen) atoms. The molecule has 1 nitrogen and oxygen atoms in total. The minimum atomic E-state index is 1.18. The second-order valence-electron chi connectivity index (χ2n) is 7.38. The minimum Gasteiger partial charge on any atom is -0.355 e. The maximum absolute atomic E-state index is 3.55. The first-order chi connectivity index (χ1) is 13.2. The van der Waals surface area contributed by atoms with Gasteiger partial charge in [-0.05, 0) is 60.4 Å². The van der Waals surface area contributed by atoms with E-state index in [0.29, 0.717) is 0 Å². The van der Waals surface area contributed by atoms with Crippen LogP contribution in [-0.4, -0.2) is 4.98 Å². The van der Waals surface area contributed by atoms with Gasteiger partial charge in [-0.15, -0.1) is 0 Å². The Kier molecular flexibility index (Phi) is 3.61. The number of benzene rings is 4. The van der Waals surface area contributed by atoms with Crippen molar-refractivity contribution in [3.8, 4) is 22.3 Å². The molecule has 4 aromatic carbocycles. The zero-order valence-electron chi connectivity index (χ0n) is 15.6. The van der Waals surface area contributed by atoms with Crippen molar-refractivity contribution >= 4 is 21.8 Å². The summed E-state index contributed by atoms with van der Waals surface area (Å²) < 4.78 is 0. The average molecular weight is 347 g/mol. The van der Waals surface area contributed by atoms with Crippen LogP contribution in [0.5, 0.6) is 0 Å². The summed E-state index contributed by atoms with van der Waals surface area (Å²) in [7, 11) is 0. The van der Waals surface area contributed by atoms with E-state index >= 15 is 0 Å². The van der Waals surface area contributed by atoms with Crippen LogP contribution in [0.4, 0.5) is 0 Å². The van der Waals surface area contributed by atoms with Crippen molar-refractivity contribution in [2.75, 3.05) is 0 Å². The topological polar surface area (TPSA) is 15.8 Å². The molecule has 0 radical (unpaired) electrons. The van der Waals surface area contributed by atoms with Gasteiger partial charge in [0.15, 0.2) is 0 Å². The van der Waals surface area contributed by atoms with Crippen LogP contribution in [0.1, 0.15) is 11.1 Å². The van der Waals surface area contributed by atoms with E-state index in [2.05, 4.69) is 104 Å². The van der Waals surface area contributed by atoms with Crippen molar-refractivity contribution < 1.29 is 0 Å². The van der Waals surface area contributed by atoms with Crippen molar-refractivity contribution in [3.63, 3.8) is 0 Å². The monoisotopic (exact) mass is 347 g/mol. The molecule has 0 aliphatic carbocycles. The van der Waals surface area contributed by atoms with Crippen molar-refractivity contribution in [1.29, 1.82) is 0 Å². The highest BCUT2D eigenvalue weighted by Gasteiger charge is 2.08. The number of hydrogen-bond donors (Lipinski definition) is 1. The predicted octanol–water partition coefficient (Wildman–Crippen LogP) is 7.27. The molecular weight excluding hydrogens is 326 g/mol. The number of aromatic amines is 1. The molecule has 1 heterocycles. The summed E-state index contributed by atoms with van der Waals surface area (Å²) in [6.07, 6.45) is 0. The predicted molar refractivity (Wildman–Crippen MR) is 116 cm³/mol. The van der Waals surface area contributed by atoms with Gasteiger partial charge in [0.05, 0.1) is 0 Å².